The van der Waals surface area contributed by atoms with E-state index in [1.165, 1.54) is 4.31 Å². The third kappa shape index (κ3) is 5.01. The highest BCUT2D eigenvalue weighted by Crippen LogP contribution is 2.33. The van der Waals surface area contributed by atoms with Gasteiger partial charge in [0, 0.05) is 37.1 Å². The molecule has 3 aromatic carbocycles. The minimum Gasteiger partial charge on any atom is -0.370 e. The molecule has 1 aliphatic rings. The summed E-state index contributed by atoms with van der Waals surface area (Å²) < 4.78 is 28.0. The highest BCUT2D eigenvalue weighted by atomic mass is 32.2. The van der Waals surface area contributed by atoms with Crippen molar-refractivity contribution in [2.75, 3.05) is 36.4 Å². The molecular formula is C30H32N4O3S. The zero-order valence-corrected chi connectivity index (χ0v) is 22.5. The van der Waals surface area contributed by atoms with Crippen LogP contribution in [-0.2, 0) is 10.0 Å². The Kier molecular flexibility index (Phi) is 7.44. The van der Waals surface area contributed by atoms with Gasteiger partial charge in [-0.05, 0) is 43.2 Å². The Balaban J connectivity index is 1.59. The molecule has 0 spiro atoms. The average Bonchev–Trinajstić information content (AvgIpc) is 3.48. The van der Waals surface area contributed by atoms with Crippen molar-refractivity contribution < 1.29 is 13.2 Å². The molecule has 0 unspecified atom stereocenters. The highest BCUT2D eigenvalue weighted by molar-refractivity contribution is 7.89. The zero-order valence-electron chi connectivity index (χ0n) is 21.7. The topological polar surface area (TPSA) is 82.6 Å². The van der Waals surface area contributed by atoms with E-state index in [9.17, 15) is 13.2 Å². The van der Waals surface area contributed by atoms with Crippen molar-refractivity contribution >= 4 is 38.2 Å². The van der Waals surface area contributed by atoms with Gasteiger partial charge in [-0.2, -0.15) is 4.31 Å². The maximum Gasteiger partial charge on any atom is 0.256 e. The van der Waals surface area contributed by atoms with Crippen molar-refractivity contribution in [3.8, 4) is 11.3 Å². The van der Waals surface area contributed by atoms with Crippen LogP contribution in [0, 0.1) is 0 Å². The molecule has 1 N–H and O–H groups in total. The summed E-state index contributed by atoms with van der Waals surface area (Å²) >= 11 is 0. The van der Waals surface area contributed by atoms with E-state index in [4.69, 9.17) is 4.98 Å². The first-order valence-electron chi connectivity index (χ1n) is 13.1. The van der Waals surface area contributed by atoms with Crippen LogP contribution in [0.4, 0.5) is 11.4 Å². The number of aromatic nitrogens is 1. The third-order valence-electron chi connectivity index (χ3n) is 7.04. The molecule has 196 valence electrons. The molecule has 1 saturated heterocycles. The van der Waals surface area contributed by atoms with Gasteiger partial charge in [0.2, 0.25) is 10.0 Å². The lowest BCUT2D eigenvalue weighted by atomic mass is 10.0. The van der Waals surface area contributed by atoms with Crippen LogP contribution in [0.2, 0.25) is 0 Å². The number of hydrogen-bond acceptors (Lipinski definition) is 5. The van der Waals surface area contributed by atoms with Gasteiger partial charge in [-0.15, -0.1) is 0 Å². The molecule has 0 radical (unpaired) electrons. The van der Waals surface area contributed by atoms with Gasteiger partial charge in [0.1, 0.15) is 0 Å². The fourth-order valence-electron chi connectivity index (χ4n) is 5.03. The highest BCUT2D eigenvalue weighted by Gasteiger charge is 2.25. The number of benzene rings is 3. The molecule has 8 heteroatoms. The Morgan fingerprint density at radius 3 is 2.32 bits per heavy atom. The van der Waals surface area contributed by atoms with Crippen LogP contribution in [0.25, 0.3) is 22.2 Å². The van der Waals surface area contributed by atoms with Crippen LogP contribution >= 0.6 is 0 Å². The lowest BCUT2D eigenvalue weighted by Gasteiger charge is -2.24. The standard InChI is InChI=1S/C30H32N4O3S/c1-3-34(4-2)38(36,37)23-16-17-29(33-18-10-11-19-33)28(20-23)32-30(35)25-21-27(22-12-6-5-7-13-22)31-26-15-9-8-14-24(25)26/h5-9,12-17,20-21H,3-4,10-11,18-19H2,1-2H3,(H,32,35). The first kappa shape index (κ1) is 25.9. The van der Waals surface area contributed by atoms with E-state index in [1.54, 1.807) is 18.2 Å². The number of rotatable bonds is 8. The smallest absolute Gasteiger partial charge is 0.256 e. The minimum atomic E-state index is -3.69. The average molecular weight is 529 g/mol. The number of anilines is 2. The van der Waals surface area contributed by atoms with Crippen LogP contribution in [-0.4, -0.2) is 49.8 Å². The number of hydrogen-bond donors (Lipinski definition) is 1. The van der Waals surface area contributed by atoms with Crippen LogP contribution in [0.1, 0.15) is 37.0 Å². The Morgan fingerprint density at radius 2 is 1.61 bits per heavy atom. The molecule has 2 heterocycles. The summed E-state index contributed by atoms with van der Waals surface area (Å²) in [6, 6.07) is 24.2. The first-order chi connectivity index (χ1) is 18.4. The lowest BCUT2D eigenvalue weighted by Crippen LogP contribution is -2.31. The SMILES string of the molecule is CCN(CC)S(=O)(=O)c1ccc(N2CCCC2)c(NC(=O)c2cc(-c3ccccc3)nc3ccccc23)c1. The van der Waals surface area contributed by atoms with Crippen molar-refractivity contribution in [3.05, 3.63) is 84.4 Å². The quantitative estimate of drug-likeness (QED) is 0.313. The molecular weight excluding hydrogens is 496 g/mol. The fraction of sp³-hybridized carbons (Fsp3) is 0.267. The number of fused-ring (bicyclic) bond motifs is 1. The van der Waals surface area contributed by atoms with Crippen LogP contribution < -0.4 is 10.2 Å². The lowest BCUT2D eigenvalue weighted by molar-refractivity contribution is 0.102. The molecule has 0 saturated carbocycles. The van der Waals surface area contributed by atoms with Crippen molar-refractivity contribution in [1.82, 2.24) is 9.29 Å². The molecule has 1 fully saturated rings. The van der Waals surface area contributed by atoms with Crippen molar-refractivity contribution in [3.63, 3.8) is 0 Å². The minimum absolute atomic E-state index is 0.170. The Labute approximate surface area is 224 Å². The van der Waals surface area contributed by atoms with E-state index < -0.39 is 10.0 Å². The number of para-hydroxylation sites is 1. The number of carbonyl (C=O) groups excluding carboxylic acids is 1. The maximum atomic E-state index is 13.9. The summed E-state index contributed by atoms with van der Waals surface area (Å²) in [6.45, 7) is 6.12. The number of nitrogens with zero attached hydrogens (tertiary/aromatic N) is 3. The number of sulfonamides is 1. The number of amides is 1. The second-order valence-electron chi connectivity index (χ2n) is 9.35. The number of carbonyl (C=O) groups is 1. The van der Waals surface area contributed by atoms with Gasteiger partial charge in [0.15, 0.2) is 0 Å². The van der Waals surface area contributed by atoms with Gasteiger partial charge in [-0.1, -0.05) is 62.4 Å². The molecule has 0 atom stereocenters. The van der Waals surface area contributed by atoms with E-state index in [1.807, 2.05) is 74.5 Å². The summed E-state index contributed by atoms with van der Waals surface area (Å²) in [5.74, 6) is -0.307. The molecule has 5 rings (SSSR count). The van der Waals surface area contributed by atoms with Gasteiger partial charge in [-0.25, -0.2) is 13.4 Å². The zero-order chi connectivity index (χ0) is 26.7. The van der Waals surface area contributed by atoms with Gasteiger partial charge in [-0.3, -0.25) is 4.79 Å². The summed E-state index contributed by atoms with van der Waals surface area (Å²) in [6.07, 6.45) is 2.12. The largest absolute Gasteiger partial charge is 0.370 e. The number of nitrogens with one attached hydrogen (secondary N) is 1. The first-order valence-corrected chi connectivity index (χ1v) is 14.5. The summed E-state index contributed by atoms with van der Waals surface area (Å²) in [4.78, 5) is 21.0. The van der Waals surface area contributed by atoms with E-state index in [0.29, 0.717) is 30.0 Å². The van der Waals surface area contributed by atoms with E-state index in [0.717, 1.165) is 48.1 Å². The molecule has 4 aromatic rings. The normalized spacial score (nSPS) is 13.8. The van der Waals surface area contributed by atoms with Crippen molar-refractivity contribution in [2.45, 2.75) is 31.6 Å². The van der Waals surface area contributed by atoms with Crippen LogP contribution in [0.15, 0.2) is 83.8 Å². The van der Waals surface area contributed by atoms with Crippen LogP contribution in [0.3, 0.4) is 0 Å². The molecule has 0 bridgehead atoms. The molecule has 0 aliphatic carbocycles. The van der Waals surface area contributed by atoms with Crippen molar-refractivity contribution in [2.24, 2.45) is 0 Å². The predicted molar refractivity (Wildman–Crippen MR) is 153 cm³/mol. The monoisotopic (exact) mass is 528 g/mol. The molecule has 7 nitrogen and oxygen atoms in total. The van der Waals surface area contributed by atoms with E-state index >= 15 is 0 Å². The second kappa shape index (κ2) is 10.9. The fourth-order valence-corrected chi connectivity index (χ4v) is 6.52. The Morgan fingerprint density at radius 1 is 0.921 bits per heavy atom. The predicted octanol–water partition coefficient (Wildman–Crippen LogP) is 5.78. The molecule has 1 amide bonds. The summed E-state index contributed by atoms with van der Waals surface area (Å²) in [7, 11) is -3.69. The molecule has 38 heavy (non-hydrogen) atoms. The van der Waals surface area contributed by atoms with E-state index in [-0.39, 0.29) is 10.8 Å². The summed E-state index contributed by atoms with van der Waals surface area (Å²) in [5.41, 5.74) is 4.14. The van der Waals surface area contributed by atoms with Gasteiger partial charge >= 0.3 is 0 Å². The third-order valence-corrected chi connectivity index (χ3v) is 9.08. The second-order valence-corrected chi connectivity index (χ2v) is 11.3. The summed E-state index contributed by atoms with van der Waals surface area (Å²) in [5, 5.41) is 3.81. The van der Waals surface area contributed by atoms with Gasteiger partial charge < -0.3 is 10.2 Å². The molecule has 1 aliphatic heterocycles. The molecule has 1 aromatic heterocycles. The van der Waals surface area contributed by atoms with Crippen LogP contribution in [0.5, 0.6) is 0 Å². The van der Waals surface area contributed by atoms with E-state index in [2.05, 4.69) is 10.2 Å². The number of pyridine rings is 1. The van der Waals surface area contributed by atoms with Gasteiger partial charge in [0.25, 0.3) is 5.91 Å². The van der Waals surface area contributed by atoms with Gasteiger partial charge in [0.05, 0.1) is 33.0 Å². The van der Waals surface area contributed by atoms with Crippen molar-refractivity contribution in [1.29, 1.82) is 0 Å². The Hall–Kier alpha value is -3.75. The maximum absolute atomic E-state index is 13.9. The Bertz CT molecular complexity index is 1560.